The van der Waals surface area contributed by atoms with Crippen molar-refractivity contribution in [3.63, 3.8) is 0 Å². The maximum atomic E-state index is 11.9. The van der Waals surface area contributed by atoms with E-state index in [4.69, 9.17) is 19.9 Å². The van der Waals surface area contributed by atoms with Crippen molar-refractivity contribution in [2.24, 2.45) is 0 Å². The van der Waals surface area contributed by atoms with Gasteiger partial charge in [-0.25, -0.2) is 19.6 Å². The van der Waals surface area contributed by atoms with Crippen LogP contribution in [0.3, 0.4) is 0 Å². The van der Waals surface area contributed by atoms with Gasteiger partial charge in [0, 0.05) is 28.8 Å². The highest BCUT2D eigenvalue weighted by atomic mass is 35.5. The third kappa shape index (κ3) is 9.31. The highest BCUT2D eigenvalue weighted by Gasteiger charge is 2.18. The fourth-order valence-electron chi connectivity index (χ4n) is 2.15. The second kappa shape index (κ2) is 14.5. The molecule has 1 rings (SSSR count). The summed E-state index contributed by atoms with van der Waals surface area (Å²) in [6, 6.07) is 0. The highest BCUT2D eigenvalue weighted by molar-refractivity contribution is 8.16. The number of nitrogens with two attached hydrogens (primary N) is 1. The van der Waals surface area contributed by atoms with E-state index in [1.54, 1.807) is 33.9 Å². The summed E-state index contributed by atoms with van der Waals surface area (Å²) >= 11 is 0.827. The Kier molecular flexibility index (Phi) is 13.2. The van der Waals surface area contributed by atoms with E-state index in [0.717, 1.165) is 11.8 Å². The lowest BCUT2D eigenvalue weighted by atomic mass is 10.2. The molecule has 168 valence electrons. The molecule has 0 aliphatic carbocycles. The Bertz CT molecular complexity index is 762. The Labute approximate surface area is 185 Å². The number of carbonyl (C=O) groups is 3. The molecule has 1 aromatic heterocycles. The molecule has 0 aliphatic rings. The van der Waals surface area contributed by atoms with Crippen molar-refractivity contribution in [1.82, 2.24) is 14.9 Å². The van der Waals surface area contributed by atoms with E-state index in [0.29, 0.717) is 28.4 Å². The number of nitrogens with zero attached hydrogens (tertiary/aromatic N) is 3. The predicted molar refractivity (Wildman–Crippen MR) is 115 cm³/mol. The van der Waals surface area contributed by atoms with E-state index in [1.807, 2.05) is 0 Å². The molecule has 1 heterocycles. The van der Waals surface area contributed by atoms with E-state index in [-0.39, 0.29) is 51.0 Å². The molecule has 1 amide bonds. The largest absolute Gasteiger partial charge is 0.508 e. The Morgan fingerprint density at radius 1 is 1.23 bits per heavy atom. The lowest BCUT2D eigenvalue weighted by molar-refractivity contribution is -0.116. The van der Waals surface area contributed by atoms with Gasteiger partial charge < -0.3 is 24.8 Å². The van der Waals surface area contributed by atoms with Gasteiger partial charge in [0.05, 0.1) is 26.4 Å². The average Bonchev–Trinajstić information content (AvgIpc) is 2.66. The Morgan fingerprint density at radius 3 is 2.47 bits per heavy atom. The van der Waals surface area contributed by atoms with Crippen molar-refractivity contribution < 1.29 is 28.6 Å². The van der Waals surface area contributed by atoms with Crippen molar-refractivity contribution in [2.45, 2.75) is 40.7 Å². The topological polar surface area (TPSA) is 134 Å². The molecule has 10 nitrogen and oxygen atoms in total. The molecular weight excluding hydrogens is 436 g/mol. The van der Waals surface area contributed by atoms with Gasteiger partial charge in [-0.15, -0.1) is 12.4 Å². The van der Waals surface area contributed by atoms with Gasteiger partial charge in [0.1, 0.15) is 11.6 Å². The number of anilines is 1. The van der Waals surface area contributed by atoms with Crippen molar-refractivity contribution in [3.05, 3.63) is 28.2 Å². The maximum absolute atomic E-state index is 11.9. The van der Waals surface area contributed by atoms with Crippen LogP contribution in [0.15, 0.2) is 16.8 Å². The fourth-order valence-corrected chi connectivity index (χ4v) is 2.98. The third-order valence-corrected chi connectivity index (χ3v) is 4.63. The summed E-state index contributed by atoms with van der Waals surface area (Å²) in [5, 5.41) is -0.526. The molecule has 30 heavy (non-hydrogen) atoms. The van der Waals surface area contributed by atoms with E-state index in [2.05, 4.69) is 9.97 Å². The lowest BCUT2D eigenvalue weighted by Crippen LogP contribution is -2.22. The van der Waals surface area contributed by atoms with Crippen LogP contribution in [-0.4, -0.2) is 52.6 Å². The molecule has 2 N–H and O–H groups in total. The van der Waals surface area contributed by atoms with Gasteiger partial charge >= 0.3 is 11.5 Å². The third-order valence-electron chi connectivity index (χ3n) is 3.60. The Hall–Kier alpha value is -2.53. The van der Waals surface area contributed by atoms with Gasteiger partial charge in [-0.2, -0.15) is 0 Å². The molecule has 0 radical (unpaired) electrons. The number of aromatic nitrogens is 2. The molecule has 0 atom stereocenters. The first-order valence-electron chi connectivity index (χ1n) is 8.96. The number of hydrogen-bond donors (Lipinski definition) is 1. The zero-order chi connectivity index (χ0) is 21.8. The zero-order valence-electron chi connectivity index (χ0n) is 17.4. The summed E-state index contributed by atoms with van der Waals surface area (Å²) < 4.78 is 14.6. The fraction of sp³-hybridized carbons (Fsp3) is 0.500. The summed E-state index contributed by atoms with van der Waals surface area (Å²) in [5.41, 5.74) is 6.95. The second-order valence-electron chi connectivity index (χ2n) is 5.64. The summed E-state index contributed by atoms with van der Waals surface area (Å²) in [5.74, 6) is 0.785. The van der Waals surface area contributed by atoms with Crippen LogP contribution in [0.4, 0.5) is 15.4 Å². The summed E-state index contributed by atoms with van der Waals surface area (Å²) in [7, 11) is 0. The van der Waals surface area contributed by atoms with Crippen molar-refractivity contribution >= 4 is 47.9 Å². The molecule has 0 saturated heterocycles. The van der Waals surface area contributed by atoms with Crippen LogP contribution in [0.2, 0.25) is 0 Å². The number of amides is 1. The van der Waals surface area contributed by atoms with Gasteiger partial charge in [-0.05, 0) is 39.5 Å². The number of hydrogen-bond acceptors (Lipinski definition) is 10. The van der Waals surface area contributed by atoms with E-state index >= 15 is 0 Å². The molecule has 0 spiro atoms. The van der Waals surface area contributed by atoms with E-state index in [9.17, 15) is 14.4 Å². The first-order chi connectivity index (χ1) is 13.8. The molecule has 0 aliphatic heterocycles. The Balaban J connectivity index is 0.00000841. The zero-order valence-corrected chi connectivity index (χ0v) is 19.0. The standard InChI is InChI=1S/C18H26N4O6S.ClH/c1-5-26-17(24)28-8-7-15(29-18(25)27-6-2)12(3)22(11-23)10-14-9-20-13(4)21-16(14)19;/h9,11H,5-8,10H2,1-4H3,(H2,19,20,21);1H. The van der Waals surface area contributed by atoms with E-state index < -0.39 is 11.5 Å². The smallest absolute Gasteiger partial charge is 0.458 e. The molecule has 0 aromatic carbocycles. The average molecular weight is 463 g/mol. The molecule has 0 bridgehead atoms. The molecule has 0 saturated carbocycles. The predicted octanol–water partition coefficient (Wildman–Crippen LogP) is 3.43. The van der Waals surface area contributed by atoms with Crippen molar-refractivity contribution in [3.8, 4) is 0 Å². The van der Waals surface area contributed by atoms with Gasteiger partial charge in [0.25, 0.3) is 0 Å². The van der Waals surface area contributed by atoms with Crippen LogP contribution >= 0.6 is 24.2 Å². The van der Waals surface area contributed by atoms with Gasteiger partial charge in [-0.3, -0.25) is 4.79 Å². The summed E-state index contributed by atoms with van der Waals surface area (Å²) in [4.78, 5) is 45.0. The van der Waals surface area contributed by atoms with Crippen molar-refractivity contribution in [1.29, 1.82) is 0 Å². The van der Waals surface area contributed by atoms with Crippen LogP contribution < -0.4 is 5.73 Å². The first-order valence-corrected chi connectivity index (χ1v) is 9.77. The molecule has 1 aromatic rings. The number of rotatable bonds is 10. The lowest BCUT2D eigenvalue weighted by Gasteiger charge is -2.22. The van der Waals surface area contributed by atoms with E-state index in [1.165, 1.54) is 4.90 Å². The SMILES string of the molecule is CCOC(=O)OCCC(SC(=O)OCC)=C(C)N(C=O)Cc1cnc(C)nc1N.Cl. The van der Waals surface area contributed by atoms with Crippen LogP contribution in [0.5, 0.6) is 0 Å². The molecule has 12 heteroatoms. The summed E-state index contributed by atoms with van der Waals surface area (Å²) in [6.07, 6.45) is 1.55. The first kappa shape index (κ1) is 27.5. The molecular formula is C18H27ClN4O6S. The normalized spacial score (nSPS) is 10.9. The van der Waals surface area contributed by atoms with Gasteiger partial charge in [0.2, 0.25) is 6.41 Å². The number of thioether (sulfide) groups is 1. The minimum absolute atomic E-state index is 0. The van der Waals surface area contributed by atoms with Crippen LogP contribution in [0, 0.1) is 6.92 Å². The second-order valence-corrected chi connectivity index (χ2v) is 6.67. The van der Waals surface area contributed by atoms with Gasteiger partial charge in [-0.1, -0.05) is 0 Å². The van der Waals surface area contributed by atoms with Crippen LogP contribution in [0.25, 0.3) is 0 Å². The highest BCUT2D eigenvalue weighted by Crippen LogP contribution is 2.28. The number of allylic oxidation sites excluding steroid dienone is 1. The summed E-state index contributed by atoms with van der Waals surface area (Å²) in [6.45, 7) is 7.23. The van der Waals surface area contributed by atoms with Gasteiger partial charge in [0.15, 0.2) is 0 Å². The maximum Gasteiger partial charge on any atom is 0.508 e. The number of carbonyl (C=O) groups excluding carboxylic acids is 3. The number of nitrogen functional groups attached to an aromatic ring is 1. The van der Waals surface area contributed by atoms with Crippen LogP contribution in [-0.2, 0) is 25.5 Å². The van der Waals surface area contributed by atoms with Crippen molar-refractivity contribution in [2.75, 3.05) is 25.6 Å². The quantitative estimate of drug-likeness (QED) is 0.407. The number of halogens is 1. The van der Waals surface area contributed by atoms with Crippen LogP contribution in [0.1, 0.15) is 38.6 Å². The molecule has 0 fully saturated rings. The molecule has 0 unspecified atom stereocenters. The Morgan fingerprint density at radius 2 is 1.90 bits per heavy atom. The number of aryl methyl sites for hydroxylation is 1. The minimum Gasteiger partial charge on any atom is -0.458 e. The minimum atomic E-state index is -0.803. The number of ether oxygens (including phenoxy) is 3. The monoisotopic (exact) mass is 462 g/mol.